The first-order valence-electron chi connectivity index (χ1n) is 11.2. The third-order valence-corrected chi connectivity index (χ3v) is 6.16. The van der Waals surface area contributed by atoms with E-state index in [1.54, 1.807) is 24.3 Å². The Morgan fingerprint density at radius 3 is 2.14 bits per heavy atom. The van der Waals surface area contributed by atoms with Gasteiger partial charge in [0, 0.05) is 16.5 Å². The lowest BCUT2D eigenvalue weighted by atomic mass is 10.1. The molecular weight excluding hydrogens is 454 g/mol. The molecule has 7 heteroatoms. The van der Waals surface area contributed by atoms with Gasteiger partial charge < -0.3 is 9.90 Å². The molecule has 1 aliphatic rings. The van der Waals surface area contributed by atoms with Gasteiger partial charge in [0.1, 0.15) is 0 Å². The van der Waals surface area contributed by atoms with Crippen LogP contribution in [-0.4, -0.2) is 27.8 Å². The van der Waals surface area contributed by atoms with Crippen molar-refractivity contribution in [2.45, 2.75) is 0 Å². The molecule has 0 N–H and O–H groups in total. The summed E-state index contributed by atoms with van der Waals surface area (Å²) in [4.78, 5) is 47.6. The maximum atomic E-state index is 13.0. The highest BCUT2D eigenvalue weighted by Gasteiger charge is 2.36. The summed E-state index contributed by atoms with van der Waals surface area (Å²) in [5.74, 6) is -1.99. The standard InChI is InChI=1S/C29H17N3O4/c33-27-21-15-12-19(29(35)36)16-23(21)28(34)32(27)20-13-10-18(11-14-20)26-30-24-9-5-4-8-22(24)25(31-26)17-6-2-1-3-7-17/h1-16H,(H,35,36)/p-1. The monoisotopic (exact) mass is 470 g/mol. The van der Waals surface area contributed by atoms with Gasteiger partial charge in [0.05, 0.1) is 34.0 Å². The highest BCUT2D eigenvalue weighted by molar-refractivity contribution is 6.34. The predicted octanol–water partition coefficient (Wildman–Crippen LogP) is 4.13. The third kappa shape index (κ3) is 3.42. The molecule has 0 saturated heterocycles. The molecule has 0 saturated carbocycles. The minimum absolute atomic E-state index is 0.0381. The number of anilines is 1. The Labute approximate surface area is 205 Å². The van der Waals surface area contributed by atoms with Crippen molar-refractivity contribution >= 4 is 34.4 Å². The van der Waals surface area contributed by atoms with E-state index in [9.17, 15) is 19.5 Å². The summed E-state index contributed by atoms with van der Waals surface area (Å²) in [7, 11) is 0. The first-order chi connectivity index (χ1) is 17.5. The van der Waals surface area contributed by atoms with Crippen molar-refractivity contribution in [2.24, 2.45) is 0 Å². The number of hydrogen-bond acceptors (Lipinski definition) is 6. The van der Waals surface area contributed by atoms with Crippen molar-refractivity contribution in [3.63, 3.8) is 0 Å². The molecular formula is C29H16N3O4-. The van der Waals surface area contributed by atoms with Crippen LogP contribution in [0.2, 0.25) is 0 Å². The smallest absolute Gasteiger partial charge is 0.266 e. The second kappa shape index (κ2) is 8.25. The van der Waals surface area contributed by atoms with E-state index in [-0.39, 0.29) is 16.7 Å². The number of para-hydroxylation sites is 1. The van der Waals surface area contributed by atoms with Gasteiger partial charge in [0.2, 0.25) is 0 Å². The molecule has 7 nitrogen and oxygen atoms in total. The van der Waals surface area contributed by atoms with Crippen molar-refractivity contribution in [2.75, 3.05) is 4.90 Å². The fourth-order valence-corrected chi connectivity index (χ4v) is 4.38. The highest BCUT2D eigenvalue weighted by atomic mass is 16.4. The molecule has 0 fully saturated rings. The number of amides is 2. The van der Waals surface area contributed by atoms with E-state index >= 15 is 0 Å². The van der Waals surface area contributed by atoms with Gasteiger partial charge in [-0.15, -0.1) is 0 Å². The van der Waals surface area contributed by atoms with Gasteiger partial charge in [-0.1, -0.05) is 54.6 Å². The zero-order valence-electron chi connectivity index (χ0n) is 18.7. The molecule has 5 aromatic rings. The van der Waals surface area contributed by atoms with Crippen LogP contribution < -0.4 is 10.0 Å². The molecule has 2 amide bonds. The number of benzene rings is 4. The average Bonchev–Trinajstić information content (AvgIpc) is 3.17. The number of carbonyl (C=O) groups excluding carboxylic acids is 3. The maximum Gasteiger partial charge on any atom is 0.266 e. The van der Waals surface area contributed by atoms with Gasteiger partial charge in [-0.05, 0) is 48.0 Å². The number of hydrogen-bond donors (Lipinski definition) is 0. The molecule has 4 aromatic carbocycles. The van der Waals surface area contributed by atoms with Crippen LogP contribution in [0.15, 0.2) is 97.1 Å². The number of aromatic nitrogens is 2. The number of imide groups is 1. The van der Waals surface area contributed by atoms with E-state index in [1.165, 1.54) is 18.2 Å². The molecule has 0 spiro atoms. The Morgan fingerprint density at radius 2 is 1.39 bits per heavy atom. The molecule has 6 rings (SSSR count). The molecule has 2 heterocycles. The lowest BCUT2D eigenvalue weighted by Gasteiger charge is -2.14. The summed E-state index contributed by atoms with van der Waals surface area (Å²) in [6.07, 6.45) is 0. The van der Waals surface area contributed by atoms with E-state index in [0.717, 1.165) is 32.6 Å². The second-order valence-corrected chi connectivity index (χ2v) is 8.32. The zero-order chi connectivity index (χ0) is 24.8. The molecule has 36 heavy (non-hydrogen) atoms. The van der Waals surface area contributed by atoms with Crippen LogP contribution in [0.1, 0.15) is 31.1 Å². The van der Waals surface area contributed by atoms with Crippen LogP contribution in [-0.2, 0) is 0 Å². The average molecular weight is 470 g/mol. The Bertz CT molecular complexity index is 1700. The van der Waals surface area contributed by atoms with Crippen LogP contribution in [0.3, 0.4) is 0 Å². The molecule has 0 bridgehead atoms. The molecule has 0 unspecified atom stereocenters. The van der Waals surface area contributed by atoms with E-state index in [4.69, 9.17) is 9.97 Å². The summed E-state index contributed by atoms with van der Waals surface area (Å²) < 4.78 is 0. The van der Waals surface area contributed by atoms with Gasteiger partial charge in [0.25, 0.3) is 11.8 Å². The molecule has 172 valence electrons. The fourth-order valence-electron chi connectivity index (χ4n) is 4.38. The second-order valence-electron chi connectivity index (χ2n) is 8.32. The zero-order valence-corrected chi connectivity index (χ0v) is 18.7. The Morgan fingerprint density at radius 1 is 0.694 bits per heavy atom. The maximum absolute atomic E-state index is 13.0. The van der Waals surface area contributed by atoms with Gasteiger partial charge in [-0.2, -0.15) is 0 Å². The highest BCUT2D eigenvalue weighted by Crippen LogP contribution is 2.32. The number of fused-ring (bicyclic) bond motifs is 2. The first-order valence-corrected chi connectivity index (χ1v) is 11.2. The summed E-state index contributed by atoms with van der Waals surface area (Å²) >= 11 is 0. The van der Waals surface area contributed by atoms with Crippen molar-refractivity contribution < 1.29 is 19.5 Å². The molecule has 0 aliphatic carbocycles. The summed E-state index contributed by atoms with van der Waals surface area (Å²) in [6, 6.07) is 28.2. The number of rotatable bonds is 4. The Balaban J connectivity index is 1.38. The van der Waals surface area contributed by atoms with Crippen molar-refractivity contribution in [3.05, 3.63) is 114 Å². The van der Waals surface area contributed by atoms with E-state index in [1.807, 2.05) is 54.6 Å². The predicted molar refractivity (Wildman–Crippen MR) is 132 cm³/mol. The third-order valence-electron chi connectivity index (χ3n) is 6.16. The lowest BCUT2D eigenvalue weighted by molar-refractivity contribution is -0.255. The van der Waals surface area contributed by atoms with Gasteiger partial charge >= 0.3 is 0 Å². The van der Waals surface area contributed by atoms with E-state index in [0.29, 0.717) is 11.5 Å². The molecule has 1 aromatic heterocycles. The van der Waals surface area contributed by atoms with Gasteiger partial charge in [0.15, 0.2) is 5.82 Å². The van der Waals surface area contributed by atoms with Crippen LogP contribution in [0, 0.1) is 0 Å². The largest absolute Gasteiger partial charge is 0.545 e. The first kappa shape index (κ1) is 21.4. The van der Waals surface area contributed by atoms with Crippen molar-refractivity contribution in [1.29, 1.82) is 0 Å². The minimum atomic E-state index is -1.41. The van der Waals surface area contributed by atoms with Crippen molar-refractivity contribution in [3.8, 4) is 22.6 Å². The number of nitrogens with zero attached hydrogens (tertiary/aromatic N) is 3. The number of carbonyl (C=O) groups is 3. The SMILES string of the molecule is O=C([O-])c1ccc2c(c1)C(=O)N(c1ccc(-c3nc(-c4ccccc4)c4ccccc4n3)cc1)C2=O. The summed E-state index contributed by atoms with van der Waals surface area (Å²) in [5, 5.41) is 12.1. The number of carboxylic acids is 1. The fraction of sp³-hybridized carbons (Fsp3) is 0. The van der Waals surface area contributed by atoms with E-state index < -0.39 is 17.8 Å². The molecule has 1 aliphatic heterocycles. The number of aromatic carboxylic acids is 1. The summed E-state index contributed by atoms with van der Waals surface area (Å²) in [5.41, 5.74) is 3.70. The Kier molecular flexibility index (Phi) is 4.90. The molecule has 0 atom stereocenters. The van der Waals surface area contributed by atoms with Crippen molar-refractivity contribution in [1.82, 2.24) is 9.97 Å². The topological polar surface area (TPSA) is 103 Å². The summed E-state index contributed by atoms with van der Waals surface area (Å²) in [6.45, 7) is 0. The number of carboxylic acid groups (broad SMARTS) is 1. The van der Waals surface area contributed by atoms with Crippen LogP contribution in [0.5, 0.6) is 0 Å². The van der Waals surface area contributed by atoms with Gasteiger partial charge in [-0.25, -0.2) is 14.9 Å². The van der Waals surface area contributed by atoms with Crippen LogP contribution in [0.4, 0.5) is 5.69 Å². The normalized spacial score (nSPS) is 12.7. The minimum Gasteiger partial charge on any atom is -0.545 e. The van der Waals surface area contributed by atoms with Crippen LogP contribution in [0.25, 0.3) is 33.5 Å². The van der Waals surface area contributed by atoms with Gasteiger partial charge in [-0.3, -0.25) is 9.59 Å². The molecule has 0 radical (unpaired) electrons. The Hall–Kier alpha value is -5.17. The van der Waals surface area contributed by atoms with Crippen LogP contribution >= 0.6 is 0 Å². The quantitative estimate of drug-likeness (QED) is 0.366. The lowest BCUT2D eigenvalue weighted by Crippen LogP contribution is -2.29. The van der Waals surface area contributed by atoms with E-state index in [2.05, 4.69) is 0 Å².